The summed E-state index contributed by atoms with van der Waals surface area (Å²) in [4.78, 5) is 0. The Kier molecular flexibility index (Phi) is 3.83. The van der Waals surface area contributed by atoms with E-state index in [2.05, 4.69) is 0 Å². The molecular weight excluding hydrogens is 190 g/mol. The summed E-state index contributed by atoms with van der Waals surface area (Å²) in [6.07, 6.45) is -0.0704. The van der Waals surface area contributed by atoms with Gasteiger partial charge in [-0.2, -0.15) is 0 Å². The third-order valence-corrected chi connectivity index (χ3v) is 1.75. The first-order valence-corrected chi connectivity index (χ1v) is 4.38. The Morgan fingerprint density at radius 2 is 1.86 bits per heavy atom. The van der Waals surface area contributed by atoms with Gasteiger partial charge in [0.15, 0.2) is 0 Å². The van der Waals surface area contributed by atoms with Crippen molar-refractivity contribution in [2.45, 2.75) is 19.4 Å². The third-order valence-electron chi connectivity index (χ3n) is 1.75. The summed E-state index contributed by atoms with van der Waals surface area (Å²) in [5, 5.41) is 9.15. The molecular formula is C10H12F2O2. The first kappa shape index (κ1) is 10.9. The fourth-order valence-electron chi connectivity index (χ4n) is 0.922. The van der Waals surface area contributed by atoms with Crippen LogP contribution < -0.4 is 4.74 Å². The minimum absolute atomic E-state index is 0.0411. The molecule has 1 rings (SSSR count). The maximum absolute atomic E-state index is 12.7. The Morgan fingerprint density at radius 1 is 1.29 bits per heavy atom. The van der Waals surface area contributed by atoms with Gasteiger partial charge in [0.1, 0.15) is 24.0 Å². The van der Waals surface area contributed by atoms with Crippen molar-refractivity contribution >= 4 is 0 Å². The number of hydrogen-bond donors (Lipinski definition) is 1. The average Bonchev–Trinajstić information content (AvgIpc) is 2.12. The molecule has 0 radical (unpaired) electrons. The zero-order valence-corrected chi connectivity index (χ0v) is 7.84. The van der Waals surface area contributed by atoms with Crippen LogP contribution in [0.5, 0.6) is 5.75 Å². The maximum atomic E-state index is 12.7. The molecule has 1 unspecified atom stereocenters. The van der Waals surface area contributed by atoms with Gasteiger partial charge in [0.2, 0.25) is 0 Å². The second-order valence-corrected chi connectivity index (χ2v) is 2.98. The van der Waals surface area contributed by atoms with Gasteiger partial charge in [-0.1, -0.05) is 6.92 Å². The molecule has 0 aliphatic rings. The minimum atomic E-state index is -0.689. The Hall–Kier alpha value is -1.16. The summed E-state index contributed by atoms with van der Waals surface area (Å²) in [5.41, 5.74) is 0. The van der Waals surface area contributed by atoms with Crippen molar-refractivity contribution in [2.75, 3.05) is 6.61 Å². The lowest BCUT2D eigenvalue weighted by Gasteiger charge is -2.10. The molecule has 1 N–H and O–H groups in total. The summed E-state index contributed by atoms with van der Waals surface area (Å²) in [6, 6.07) is 2.92. The molecule has 1 aromatic rings. The Labute approximate surface area is 81.1 Å². The lowest BCUT2D eigenvalue weighted by molar-refractivity contribution is 0.104. The smallest absolute Gasteiger partial charge is 0.129 e. The molecule has 0 aromatic heterocycles. The van der Waals surface area contributed by atoms with E-state index in [0.717, 1.165) is 18.2 Å². The standard InChI is InChI=1S/C10H12F2O2/c1-2-9(13)6-14-10-4-7(11)3-8(12)5-10/h3-5,9,13H,2,6H2,1H3. The number of halogens is 2. The van der Waals surface area contributed by atoms with Gasteiger partial charge in [-0.25, -0.2) is 8.78 Å². The predicted molar refractivity (Wildman–Crippen MR) is 48.2 cm³/mol. The van der Waals surface area contributed by atoms with Crippen molar-refractivity contribution in [1.29, 1.82) is 0 Å². The molecule has 78 valence electrons. The van der Waals surface area contributed by atoms with E-state index in [1.807, 2.05) is 0 Å². The highest BCUT2D eigenvalue weighted by atomic mass is 19.1. The molecule has 0 fully saturated rings. The van der Waals surface area contributed by atoms with Gasteiger partial charge in [-0.05, 0) is 6.42 Å². The molecule has 1 atom stereocenters. The number of benzene rings is 1. The maximum Gasteiger partial charge on any atom is 0.129 e. The van der Waals surface area contributed by atoms with E-state index in [1.165, 1.54) is 0 Å². The van der Waals surface area contributed by atoms with E-state index < -0.39 is 17.7 Å². The fourth-order valence-corrected chi connectivity index (χ4v) is 0.922. The topological polar surface area (TPSA) is 29.5 Å². The van der Waals surface area contributed by atoms with Gasteiger partial charge in [-0.3, -0.25) is 0 Å². The molecule has 14 heavy (non-hydrogen) atoms. The summed E-state index contributed by atoms with van der Waals surface area (Å²) in [6.45, 7) is 1.83. The van der Waals surface area contributed by atoms with Crippen LogP contribution in [0.4, 0.5) is 8.78 Å². The zero-order valence-electron chi connectivity index (χ0n) is 7.84. The van der Waals surface area contributed by atoms with E-state index in [9.17, 15) is 8.78 Å². The summed E-state index contributed by atoms with van der Waals surface area (Å²) in [7, 11) is 0. The molecule has 2 nitrogen and oxygen atoms in total. The molecule has 4 heteroatoms. The normalized spacial score (nSPS) is 12.6. The molecule has 0 bridgehead atoms. The number of aliphatic hydroxyl groups excluding tert-OH is 1. The van der Waals surface area contributed by atoms with E-state index in [1.54, 1.807) is 6.92 Å². The summed E-state index contributed by atoms with van der Waals surface area (Å²) < 4.78 is 30.3. The van der Waals surface area contributed by atoms with Crippen molar-refractivity contribution in [2.24, 2.45) is 0 Å². The van der Waals surface area contributed by atoms with Crippen LogP contribution >= 0.6 is 0 Å². The molecule has 0 saturated heterocycles. The number of hydrogen-bond acceptors (Lipinski definition) is 2. The van der Waals surface area contributed by atoms with Crippen LogP contribution in [0.25, 0.3) is 0 Å². The summed E-state index contributed by atoms with van der Waals surface area (Å²) >= 11 is 0. The van der Waals surface area contributed by atoms with E-state index in [0.29, 0.717) is 6.42 Å². The van der Waals surface area contributed by atoms with Crippen LogP contribution in [-0.2, 0) is 0 Å². The first-order valence-electron chi connectivity index (χ1n) is 4.38. The van der Waals surface area contributed by atoms with Crippen LogP contribution in [0.15, 0.2) is 18.2 Å². The monoisotopic (exact) mass is 202 g/mol. The van der Waals surface area contributed by atoms with Gasteiger partial charge >= 0.3 is 0 Å². The van der Waals surface area contributed by atoms with Crippen LogP contribution in [-0.4, -0.2) is 17.8 Å². The van der Waals surface area contributed by atoms with Gasteiger partial charge in [0, 0.05) is 18.2 Å². The highest BCUT2D eigenvalue weighted by Crippen LogP contribution is 2.15. The molecule has 0 saturated carbocycles. The SMILES string of the molecule is CCC(O)COc1cc(F)cc(F)c1. The molecule has 0 amide bonds. The number of aliphatic hydroxyl groups is 1. The van der Waals surface area contributed by atoms with Crippen molar-refractivity contribution in [3.05, 3.63) is 29.8 Å². The van der Waals surface area contributed by atoms with Crippen molar-refractivity contribution in [3.8, 4) is 5.75 Å². The Balaban J connectivity index is 2.58. The van der Waals surface area contributed by atoms with Crippen molar-refractivity contribution in [1.82, 2.24) is 0 Å². The van der Waals surface area contributed by atoms with Crippen LogP contribution in [0.2, 0.25) is 0 Å². The minimum Gasteiger partial charge on any atom is -0.491 e. The van der Waals surface area contributed by atoms with E-state index >= 15 is 0 Å². The second-order valence-electron chi connectivity index (χ2n) is 2.98. The molecule has 0 aliphatic carbocycles. The van der Waals surface area contributed by atoms with Crippen LogP contribution in [0.3, 0.4) is 0 Å². The van der Waals surface area contributed by atoms with Gasteiger partial charge in [-0.15, -0.1) is 0 Å². The Morgan fingerprint density at radius 3 is 2.36 bits per heavy atom. The van der Waals surface area contributed by atoms with Gasteiger partial charge in [0.25, 0.3) is 0 Å². The third kappa shape index (κ3) is 3.30. The quantitative estimate of drug-likeness (QED) is 0.810. The lowest BCUT2D eigenvalue weighted by Crippen LogP contribution is -2.16. The van der Waals surface area contributed by atoms with Crippen LogP contribution in [0.1, 0.15) is 13.3 Å². The predicted octanol–water partition coefficient (Wildman–Crippen LogP) is 2.11. The lowest BCUT2D eigenvalue weighted by atomic mass is 10.3. The Bertz CT molecular complexity index is 282. The van der Waals surface area contributed by atoms with E-state index in [4.69, 9.17) is 9.84 Å². The van der Waals surface area contributed by atoms with Gasteiger partial charge < -0.3 is 9.84 Å². The number of ether oxygens (including phenoxy) is 1. The van der Waals surface area contributed by atoms with Crippen molar-refractivity contribution in [3.63, 3.8) is 0 Å². The van der Waals surface area contributed by atoms with Gasteiger partial charge in [0.05, 0.1) is 6.10 Å². The average molecular weight is 202 g/mol. The second kappa shape index (κ2) is 4.91. The summed E-state index contributed by atoms with van der Waals surface area (Å²) in [5.74, 6) is -1.29. The molecule has 1 aromatic carbocycles. The van der Waals surface area contributed by atoms with Crippen LogP contribution in [0, 0.1) is 11.6 Å². The number of rotatable bonds is 4. The molecule has 0 spiro atoms. The largest absolute Gasteiger partial charge is 0.491 e. The highest BCUT2D eigenvalue weighted by molar-refractivity contribution is 5.23. The zero-order chi connectivity index (χ0) is 10.6. The first-order chi connectivity index (χ1) is 6.61. The molecule has 0 heterocycles. The highest BCUT2D eigenvalue weighted by Gasteiger charge is 2.04. The van der Waals surface area contributed by atoms with Crippen molar-refractivity contribution < 1.29 is 18.6 Å². The molecule has 0 aliphatic heterocycles. The fraction of sp³-hybridized carbons (Fsp3) is 0.400. The van der Waals surface area contributed by atoms with E-state index in [-0.39, 0.29) is 12.4 Å².